The Bertz CT molecular complexity index is 353. The molecule has 94 valence electrons. The molecular weight excluding hydrogens is 286 g/mol. The van der Waals surface area contributed by atoms with E-state index < -0.39 is 6.10 Å². The summed E-state index contributed by atoms with van der Waals surface area (Å²) in [5.41, 5.74) is 0. The van der Waals surface area contributed by atoms with Crippen LogP contribution < -0.4 is 10.1 Å². The molecule has 1 aromatic carbocycles. The molecule has 0 radical (unpaired) electrons. The van der Waals surface area contributed by atoms with E-state index in [9.17, 15) is 4.79 Å². The van der Waals surface area contributed by atoms with Crippen LogP contribution in [0.1, 0.15) is 13.3 Å². The highest BCUT2D eigenvalue weighted by molar-refractivity contribution is 9.10. The number of hydrogen-bond acceptors (Lipinski definition) is 3. The van der Waals surface area contributed by atoms with Gasteiger partial charge in [-0.25, -0.2) is 0 Å². The molecule has 0 heterocycles. The molecule has 0 aromatic heterocycles. The third-order valence-electron chi connectivity index (χ3n) is 2.13. The average Bonchev–Trinajstić information content (AvgIpc) is 2.32. The number of benzene rings is 1. The van der Waals surface area contributed by atoms with Crippen molar-refractivity contribution < 1.29 is 14.6 Å². The number of ether oxygens (including phenoxy) is 1. The fraction of sp³-hybridized carbons (Fsp3) is 0.417. The monoisotopic (exact) mass is 301 g/mol. The largest absolute Gasteiger partial charge is 0.481 e. The lowest BCUT2D eigenvalue weighted by atomic mass is 10.3. The first-order valence-corrected chi connectivity index (χ1v) is 6.23. The second kappa shape index (κ2) is 7.29. The highest BCUT2D eigenvalue weighted by Gasteiger charge is 2.13. The van der Waals surface area contributed by atoms with Gasteiger partial charge in [0.05, 0.1) is 0 Å². The Labute approximate surface area is 109 Å². The molecule has 0 saturated carbocycles. The zero-order valence-electron chi connectivity index (χ0n) is 9.65. The summed E-state index contributed by atoms with van der Waals surface area (Å²) < 4.78 is 6.43. The fourth-order valence-corrected chi connectivity index (χ4v) is 1.47. The molecule has 0 bridgehead atoms. The minimum atomic E-state index is -0.546. The summed E-state index contributed by atoms with van der Waals surface area (Å²) in [7, 11) is 0. The van der Waals surface area contributed by atoms with Crippen LogP contribution in [0.2, 0.25) is 0 Å². The van der Waals surface area contributed by atoms with E-state index in [1.807, 2.05) is 12.1 Å². The Morgan fingerprint density at radius 1 is 1.47 bits per heavy atom. The van der Waals surface area contributed by atoms with Gasteiger partial charge in [0.2, 0.25) is 0 Å². The van der Waals surface area contributed by atoms with Crippen LogP contribution >= 0.6 is 15.9 Å². The Morgan fingerprint density at radius 2 is 2.12 bits per heavy atom. The summed E-state index contributed by atoms with van der Waals surface area (Å²) in [5, 5.41) is 11.3. The average molecular weight is 302 g/mol. The van der Waals surface area contributed by atoms with Crippen molar-refractivity contribution >= 4 is 21.8 Å². The molecular formula is C12H16BrNO3. The summed E-state index contributed by atoms with van der Waals surface area (Å²) in [4.78, 5) is 11.6. The van der Waals surface area contributed by atoms with Crippen LogP contribution in [0.3, 0.4) is 0 Å². The van der Waals surface area contributed by atoms with E-state index in [0.29, 0.717) is 18.7 Å². The third-order valence-corrected chi connectivity index (χ3v) is 2.66. The number of carbonyl (C=O) groups is 1. The van der Waals surface area contributed by atoms with E-state index in [-0.39, 0.29) is 12.5 Å². The maximum atomic E-state index is 11.6. The van der Waals surface area contributed by atoms with Crippen LogP contribution in [0, 0.1) is 0 Å². The number of amides is 1. The summed E-state index contributed by atoms with van der Waals surface area (Å²) >= 11 is 3.32. The summed E-state index contributed by atoms with van der Waals surface area (Å²) in [6.07, 6.45) is 0.00591. The fourth-order valence-electron chi connectivity index (χ4n) is 1.21. The molecule has 17 heavy (non-hydrogen) atoms. The summed E-state index contributed by atoms with van der Waals surface area (Å²) in [5.74, 6) is 0.472. The zero-order chi connectivity index (χ0) is 12.7. The molecule has 0 saturated heterocycles. The maximum absolute atomic E-state index is 11.6. The van der Waals surface area contributed by atoms with Crippen molar-refractivity contribution in [2.45, 2.75) is 19.4 Å². The lowest BCUT2D eigenvalue weighted by molar-refractivity contribution is -0.127. The first-order valence-electron chi connectivity index (χ1n) is 5.44. The number of carbonyl (C=O) groups excluding carboxylic acids is 1. The van der Waals surface area contributed by atoms with Gasteiger partial charge in [-0.05, 0) is 37.6 Å². The number of aliphatic hydroxyl groups is 1. The summed E-state index contributed by atoms with van der Waals surface area (Å²) in [6, 6.07) is 7.29. The Kier molecular flexibility index (Phi) is 6.00. The smallest absolute Gasteiger partial charge is 0.260 e. The predicted octanol–water partition coefficient (Wildman–Crippen LogP) is 1.71. The number of rotatable bonds is 6. The predicted molar refractivity (Wildman–Crippen MR) is 68.9 cm³/mol. The maximum Gasteiger partial charge on any atom is 0.260 e. The van der Waals surface area contributed by atoms with Crippen molar-refractivity contribution in [3.63, 3.8) is 0 Å². The van der Waals surface area contributed by atoms with Gasteiger partial charge < -0.3 is 15.2 Å². The van der Waals surface area contributed by atoms with Gasteiger partial charge in [0.15, 0.2) is 6.10 Å². The third kappa shape index (κ3) is 5.19. The van der Waals surface area contributed by atoms with Crippen LogP contribution in [0.4, 0.5) is 0 Å². The van der Waals surface area contributed by atoms with Crippen LogP contribution in [0.15, 0.2) is 28.7 Å². The van der Waals surface area contributed by atoms with Crippen molar-refractivity contribution in [2.75, 3.05) is 13.2 Å². The molecule has 0 aliphatic heterocycles. The molecule has 2 N–H and O–H groups in total. The first kappa shape index (κ1) is 14.0. The van der Waals surface area contributed by atoms with E-state index in [1.54, 1.807) is 19.1 Å². The van der Waals surface area contributed by atoms with Crippen LogP contribution in [-0.2, 0) is 4.79 Å². The topological polar surface area (TPSA) is 58.6 Å². The standard InChI is InChI=1S/C12H16BrNO3/c1-9(12(16)14-7-2-8-15)17-11-5-3-10(13)4-6-11/h3-6,9,15H,2,7-8H2,1H3,(H,14,16)/t9-/m0/s1. The number of aliphatic hydroxyl groups excluding tert-OH is 1. The van der Waals surface area contributed by atoms with Gasteiger partial charge in [-0.2, -0.15) is 0 Å². The van der Waals surface area contributed by atoms with Gasteiger partial charge in [-0.1, -0.05) is 15.9 Å². The molecule has 0 aliphatic rings. The molecule has 1 atom stereocenters. The van der Waals surface area contributed by atoms with Crippen molar-refractivity contribution in [1.82, 2.24) is 5.32 Å². The number of halogens is 1. The van der Waals surface area contributed by atoms with Crippen molar-refractivity contribution in [3.8, 4) is 5.75 Å². The van der Waals surface area contributed by atoms with Gasteiger partial charge >= 0.3 is 0 Å². The molecule has 5 heteroatoms. The SMILES string of the molecule is C[C@H](Oc1ccc(Br)cc1)C(=O)NCCCO. The zero-order valence-corrected chi connectivity index (χ0v) is 11.2. The van der Waals surface area contributed by atoms with Crippen molar-refractivity contribution in [3.05, 3.63) is 28.7 Å². The highest BCUT2D eigenvalue weighted by Crippen LogP contribution is 2.17. The normalized spacial score (nSPS) is 11.9. The van der Waals surface area contributed by atoms with Crippen LogP contribution in [0.5, 0.6) is 5.75 Å². The minimum Gasteiger partial charge on any atom is -0.481 e. The Balaban J connectivity index is 2.40. The van der Waals surface area contributed by atoms with Crippen LogP contribution in [0.25, 0.3) is 0 Å². The molecule has 0 unspecified atom stereocenters. The lowest BCUT2D eigenvalue weighted by Gasteiger charge is -2.14. The van der Waals surface area contributed by atoms with Crippen LogP contribution in [-0.4, -0.2) is 30.3 Å². The molecule has 1 rings (SSSR count). The molecule has 4 nitrogen and oxygen atoms in total. The van der Waals surface area contributed by atoms with E-state index in [1.165, 1.54) is 0 Å². The molecule has 0 spiro atoms. The van der Waals surface area contributed by atoms with Gasteiger partial charge in [0.1, 0.15) is 5.75 Å². The minimum absolute atomic E-state index is 0.0717. The molecule has 0 aliphatic carbocycles. The highest BCUT2D eigenvalue weighted by atomic mass is 79.9. The quantitative estimate of drug-likeness (QED) is 0.787. The number of nitrogens with one attached hydrogen (secondary N) is 1. The Morgan fingerprint density at radius 3 is 2.71 bits per heavy atom. The Hall–Kier alpha value is -1.07. The molecule has 1 amide bonds. The second-order valence-electron chi connectivity index (χ2n) is 3.58. The lowest BCUT2D eigenvalue weighted by Crippen LogP contribution is -2.37. The van der Waals surface area contributed by atoms with Crippen molar-refractivity contribution in [1.29, 1.82) is 0 Å². The van der Waals surface area contributed by atoms with E-state index in [0.717, 1.165) is 4.47 Å². The second-order valence-corrected chi connectivity index (χ2v) is 4.50. The van der Waals surface area contributed by atoms with E-state index >= 15 is 0 Å². The van der Waals surface area contributed by atoms with Gasteiger partial charge in [0, 0.05) is 17.6 Å². The molecule has 1 aromatic rings. The van der Waals surface area contributed by atoms with E-state index in [4.69, 9.17) is 9.84 Å². The van der Waals surface area contributed by atoms with Gasteiger partial charge in [0.25, 0.3) is 5.91 Å². The van der Waals surface area contributed by atoms with Crippen molar-refractivity contribution in [2.24, 2.45) is 0 Å². The summed E-state index contributed by atoms with van der Waals surface area (Å²) in [6.45, 7) is 2.22. The number of hydrogen-bond donors (Lipinski definition) is 2. The molecule has 0 fully saturated rings. The van der Waals surface area contributed by atoms with E-state index in [2.05, 4.69) is 21.2 Å². The first-order chi connectivity index (χ1) is 8.13. The van der Waals surface area contributed by atoms with Gasteiger partial charge in [-0.3, -0.25) is 4.79 Å². The van der Waals surface area contributed by atoms with Gasteiger partial charge in [-0.15, -0.1) is 0 Å².